The Morgan fingerprint density at radius 3 is 2.24 bits per heavy atom. The van der Waals surface area contributed by atoms with Crippen LogP contribution in [-0.2, 0) is 4.79 Å². The highest BCUT2D eigenvalue weighted by Gasteiger charge is 2.22. The minimum atomic E-state index is -0.313. The molecule has 0 radical (unpaired) electrons. The summed E-state index contributed by atoms with van der Waals surface area (Å²) in [6, 6.07) is 25.7. The lowest BCUT2D eigenvalue weighted by Crippen LogP contribution is -2.19. The summed E-state index contributed by atoms with van der Waals surface area (Å²) in [6.45, 7) is 1.99. The first-order valence-electron chi connectivity index (χ1n) is 7.97. The van der Waals surface area contributed by atoms with Gasteiger partial charge in [0.25, 0.3) is 0 Å². The molecular formula is C21H18BrNOS. The Hall–Kier alpha value is -2.04. The molecule has 1 N–H and O–H groups in total. The summed E-state index contributed by atoms with van der Waals surface area (Å²) in [7, 11) is 0. The zero-order valence-electron chi connectivity index (χ0n) is 13.8. The number of carbonyl (C=O) groups excluding carboxylic acids is 1. The number of halogens is 1. The zero-order valence-corrected chi connectivity index (χ0v) is 16.2. The van der Waals surface area contributed by atoms with Crippen LogP contribution < -0.4 is 5.32 Å². The number of hydrogen-bond donors (Lipinski definition) is 1. The number of hydrogen-bond acceptors (Lipinski definition) is 2. The lowest BCUT2D eigenvalue weighted by atomic mass is 10.1. The van der Waals surface area contributed by atoms with Crippen molar-refractivity contribution in [1.29, 1.82) is 0 Å². The highest BCUT2D eigenvalue weighted by molar-refractivity contribution is 9.10. The van der Waals surface area contributed by atoms with E-state index in [0.717, 1.165) is 26.2 Å². The number of benzene rings is 3. The molecule has 0 saturated carbocycles. The monoisotopic (exact) mass is 411 g/mol. The topological polar surface area (TPSA) is 29.1 Å². The molecule has 0 spiro atoms. The molecule has 0 aliphatic heterocycles. The Morgan fingerprint density at radius 1 is 0.960 bits per heavy atom. The molecule has 0 aliphatic rings. The third-order valence-corrected chi connectivity index (χ3v) is 5.54. The molecule has 3 aromatic carbocycles. The van der Waals surface area contributed by atoms with E-state index in [1.807, 2.05) is 85.8 Å². The number of carbonyl (C=O) groups is 1. The fourth-order valence-electron chi connectivity index (χ4n) is 2.50. The summed E-state index contributed by atoms with van der Waals surface area (Å²) < 4.78 is 1.00. The second-order valence-electron chi connectivity index (χ2n) is 5.67. The van der Waals surface area contributed by atoms with Crippen LogP contribution in [0.15, 0.2) is 88.2 Å². The molecule has 3 aromatic rings. The highest BCUT2D eigenvalue weighted by Crippen LogP contribution is 2.36. The second kappa shape index (κ2) is 8.37. The summed E-state index contributed by atoms with van der Waals surface area (Å²) in [5.41, 5.74) is 2.85. The van der Waals surface area contributed by atoms with Crippen LogP contribution in [0.4, 0.5) is 5.69 Å². The van der Waals surface area contributed by atoms with Crippen LogP contribution >= 0.6 is 27.7 Å². The lowest BCUT2D eigenvalue weighted by Gasteiger charge is -2.18. The molecule has 0 heterocycles. The van der Waals surface area contributed by atoms with Crippen molar-refractivity contribution in [3.05, 3.63) is 94.5 Å². The largest absolute Gasteiger partial charge is 0.325 e. The molecule has 2 nitrogen and oxygen atoms in total. The molecule has 0 aliphatic carbocycles. The van der Waals surface area contributed by atoms with Gasteiger partial charge in [0.1, 0.15) is 5.25 Å². The van der Waals surface area contributed by atoms with Crippen LogP contribution in [0.2, 0.25) is 0 Å². The fraction of sp³-hybridized carbons (Fsp3) is 0.0952. The Balaban J connectivity index is 1.87. The van der Waals surface area contributed by atoms with Gasteiger partial charge >= 0.3 is 0 Å². The summed E-state index contributed by atoms with van der Waals surface area (Å²) in [4.78, 5) is 14.1. The molecule has 1 unspecified atom stereocenters. The Bertz CT molecular complexity index is 852. The van der Waals surface area contributed by atoms with Gasteiger partial charge in [-0.15, -0.1) is 11.8 Å². The van der Waals surface area contributed by atoms with Gasteiger partial charge in [0.15, 0.2) is 0 Å². The van der Waals surface area contributed by atoms with Crippen molar-refractivity contribution in [3.63, 3.8) is 0 Å². The van der Waals surface area contributed by atoms with E-state index in [2.05, 4.69) is 21.2 Å². The van der Waals surface area contributed by atoms with Crippen molar-refractivity contribution in [1.82, 2.24) is 0 Å². The van der Waals surface area contributed by atoms with E-state index in [1.54, 1.807) is 11.8 Å². The average Bonchev–Trinajstić information content (AvgIpc) is 2.63. The normalized spacial score (nSPS) is 11.8. The van der Waals surface area contributed by atoms with Crippen LogP contribution in [-0.4, -0.2) is 5.91 Å². The molecular weight excluding hydrogens is 394 g/mol. The first-order valence-corrected chi connectivity index (χ1v) is 9.64. The number of anilines is 1. The van der Waals surface area contributed by atoms with Gasteiger partial charge < -0.3 is 5.32 Å². The molecule has 0 fully saturated rings. The van der Waals surface area contributed by atoms with E-state index in [4.69, 9.17) is 0 Å². The smallest absolute Gasteiger partial charge is 0.242 e. The predicted octanol–water partition coefficient (Wildman–Crippen LogP) is 6.23. The SMILES string of the molecule is Cc1cc(Br)ccc1NC(=O)C(Sc1ccccc1)c1ccccc1. The molecule has 3 rings (SSSR count). The maximum atomic E-state index is 13.0. The van der Waals surface area contributed by atoms with Crippen molar-refractivity contribution in [2.75, 3.05) is 5.32 Å². The first kappa shape index (κ1) is 17.8. The van der Waals surface area contributed by atoms with Gasteiger partial charge in [-0.3, -0.25) is 4.79 Å². The van der Waals surface area contributed by atoms with Crippen molar-refractivity contribution in [2.45, 2.75) is 17.1 Å². The van der Waals surface area contributed by atoms with E-state index in [1.165, 1.54) is 0 Å². The van der Waals surface area contributed by atoms with Gasteiger partial charge in [0.05, 0.1) is 0 Å². The van der Waals surface area contributed by atoms with Gasteiger partial charge in [-0.25, -0.2) is 0 Å². The molecule has 1 amide bonds. The van der Waals surface area contributed by atoms with Gasteiger partial charge in [-0.05, 0) is 48.4 Å². The first-order chi connectivity index (χ1) is 12.1. The van der Waals surface area contributed by atoms with Gasteiger partial charge in [-0.2, -0.15) is 0 Å². The molecule has 0 saturated heterocycles. The van der Waals surface area contributed by atoms with Crippen molar-refractivity contribution >= 4 is 39.3 Å². The molecule has 0 aromatic heterocycles. The maximum absolute atomic E-state index is 13.0. The Morgan fingerprint density at radius 2 is 1.60 bits per heavy atom. The number of aryl methyl sites for hydroxylation is 1. The van der Waals surface area contributed by atoms with Crippen molar-refractivity contribution in [3.8, 4) is 0 Å². The van der Waals surface area contributed by atoms with Crippen LogP contribution in [0.25, 0.3) is 0 Å². The average molecular weight is 412 g/mol. The van der Waals surface area contributed by atoms with Crippen molar-refractivity contribution in [2.24, 2.45) is 0 Å². The second-order valence-corrected chi connectivity index (χ2v) is 7.76. The quantitative estimate of drug-likeness (QED) is 0.504. The molecule has 4 heteroatoms. The predicted molar refractivity (Wildman–Crippen MR) is 109 cm³/mol. The van der Waals surface area contributed by atoms with Gasteiger partial charge in [-0.1, -0.05) is 64.5 Å². The summed E-state index contributed by atoms with van der Waals surface area (Å²) >= 11 is 5.01. The Labute approximate surface area is 160 Å². The third-order valence-electron chi connectivity index (χ3n) is 3.78. The van der Waals surface area contributed by atoms with E-state index in [9.17, 15) is 4.79 Å². The number of nitrogens with one attached hydrogen (secondary N) is 1. The number of rotatable bonds is 5. The summed E-state index contributed by atoms with van der Waals surface area (Å²) in [6.07, 6.45) is 0. The van der Waals surface area contributed by atoms with E-state index >= 15 is 0 Å². The summed E-state index contributed by atoms with van der Waals surface area (Å²) in [5.74, 6) is -0.0227. The van der Waals surface area contributed by atoms with Crippen LogP contribution in [0, 0.1) is 6.92 Å². The van der Waals surface area contributed by atoms with Gasteiger partial charge in [0, 0.05) is 15.1 Å². The van der Waals surface area contributed by atoms with E-state index in [0.29, 0.717) is 0 Å². The third kappa shape index (κ3) is 4.74. The number of amides is 1. The van der Waals surface area contributed by atoms with Crippen LogP contribution in [0.1, 0.15) is 16.4 Å². The lowest BCUT2D eigenvalue weighted by molar-refractivity contribution is -0.115. The van der Waals surface area contributed by atoms with E-state index in [-0.39, 0.29) is 11.2 Å². The minimum Gasteiger partial charge on any atom is -0.325 e. The van der Waals surface area contributed by atoms with Crippen LogP contribution in [0.5, 0.6) is 0 Å². The minimum absolute atomic E-state index is 0.0227. The van der Waals surface area contributed by atoms with Gasteiger partial charge in [0.2, 0.25) is 5.91 Å². The highest BCUT2D eigenvalue weighted by atomic mass is 79.9. The molecule has 1 atom stereocenters. The van der Waals surface area contributed by atoms with E-state index < -0.39 is 0 Å². The molecule has 126 valence electrons. The van der Waals surface area contributed by atoms with Crippen molar-refractivity contribution < 1.29 is 4.79 Å². The fourth-order valence-corrected chi connectivity index (χ4v) is 4.02. The standard InChI is InChI=1S/C21H18BrNOS/c1-15-14-17(22)12-13-19(15)23-21(24)20(16-8-4-2-5-9-16)25-18-10-6-3-7-11-18/h2-14,20H,1H3,(H,23,24). The zero-order chi connectivity index (χ0) is 17.6. The molecule has 25 heavy (non-hydrogen) atoms. The molecule has 0 bridgehead atoms. The Kier molecular flexibility index (Phi) is 5.95. The van der Waals surface area contributed by atoms with Crippen LogP contribution in [0.3, 0.4) is 0 Å². The maximum Gasteiger partial charge on any atom is 0.242 e. The summed E-state index contributed by atoms with van der Waals surface area (Å²) in [5, 5.41) is 2.76. The number of thioether (sulfide) groups is 1.